The van der Waals surface area contributed by atoms with Gasteiger partial charge >= 0.3 is 0 Å². The molecule has 0 atom stereocenters. The van der Waals surface area contributed by atoms with Gasteiger partial charge in [-0.15, -0.1) is 0 Å². The van der Waals surface area contributed by atoms with Crippen LogP contribution < -0.4 is 5.32 Å². The van der Waals surface area contributed by atoms with Crippen molar-refractivity contribution >= 4 is 21.6 Å². The minimum atomic E-state index is -3.89. The molecule has 2 aromatic carbocycles. The summed E-state index contributed by atoms with van der Waals surface area (Å²) in [5.41, 5.74) is 1.39. The van der Waals surface area contributed by atoms with Crippen LogP contribution in [0.4, 0.5) is 5.69 Å². The number of nitro groups is 1. The molecule has 1 aliphatic rings. The molecule has 0 spiro atoms. The number of aryl methyl sites for hydroxylation is 1. The van der Waals surface area contributed by atoms with Gasteiger partial charge in [0.25, 0.3) is 11.6 Å². The third kappa shape index (κ3) is 4.37. The molecule has 1 fully saturated rings. The van der Waals surface area contributed by atoms with Gasteiger partial charge < -0.3 is 5.32 Å². The Morgan fingerprint density at radius 3 is 2.43 bits per heavy atom. The van der Waals surface area contributed by atoms with Crippen molar-refractivity contribution in [2.75, 3.05) is 7.05 Å². The quantitative estimate of drug-likeness (QED) is 0.564. The highest BCUT2D eigenvalue weighted by molar-refractivity contribution is 7.89. The molecule has 0 saturated heterocycles. The van der Waals surface area contributed by atoms with Gasteiger partial charge in [-0.25, -0.2) is 8.42 Å². The monoisotopic (exact) mass is 403 g/mol. The average Bonchev–Trinajstić information content (AvgIpc) is 3.46. The van der Waals surface area contributed by atoms with Crippen molar-refractivity contribution in [3.63, 3.8) is 0 Å². The van der Waals surface area contributed by atoms with Crippen molar-refractivity contribution in [2.24, 2.45) is 0 Å². The number of carbonyl (C=O) groups is 1. The number of amides is 1. The van der Waals surface area contributed by atoms with Crippen LogP contribution in [0.2, 0.25) is 0 Å². The molecule has 3 rings (SSSR count). The normalized spacial score (nSPS) is 14.1. The third-order valence-electron chi connectivity index (χ3n) is 4.62. The van der Waals surface area contributed by atoms with Gasteiger partial charge in [0.15, 0.2) is 0 Å². The Labute approximate surface area is 163 Å². The fourth-order valence-corrected chi connectivity index (χ4v) is 3.91. The first-order valence-corrected chi connectivity index (χ1v) is 10.2. The molecule has 1 aliphatic carbocycles. The van der Waals surface area contributed by atoms with Crippen LogP contribution in [0.1, 0.15) is 34.3 Å². The van der Waals surface area contributed by atoms with Crippen molar-refractivity contribution in [1.82, 2.24) is 9.62 Å². The fraction of sp³-hybridized carbons (Fsp3) is 0.316. The molecular formula is C19H21N3O5S. The molecule has 1 amide bonds. The van der Waals surface area contributed by atoms with Crippen molar-refractivity contribution in [3.8, 4) is 0 Å². The summed E-state index contributed by atoms with van der Waals surface area (Å²) in [6.45, 7) is 1.63. The summed E-state index contributed by atoms with van der Waals surface area (Å²) in [6, 6.07) is 10.8. The van der Waals surface area contributed by atoms with E-state index in [0.717, 1.165) is 23.2 Å². The standard InChI is InChI=1S/C19H21N3O5S/c1-13-3-10-17(11-18(13)22(24)25)28(26,27)21(2)12-14-4-6-15(7-5-14)19(23)20-16-8-9-16/h3-7,10-11,16H,8-9,12H2,1-2H3,(H,20,23). The Morgan fingerprint density at radius 1 is 1.21 bits per heavy atom. The predicted octanol–water partition coefficient (Wildman–Crippen LogP) is 2.62. The van der Waals surface area contributed by atoms with Gasteiger partial charge in [-0.1, -0.05) is 18.2 Å². The van der Waals surface area contributed by atoms with Crippen LogP contribution in [-0.4, -0.2) is 36.6 Å². The zero-order chi connectivity index (χ0) is 20.5. The highest BCUT2D eigenvalue weighted by atomic mass is 32.2. The van der Waals surface area contributed by atoms with E-state index in [0.29, 0.717) is 16.7 Å². The molecule has 1 saturated carbocycles. The highest BCUT2D eigenvalue weighted by Gasteiger charge is 2.25. The Balaban J connectivity index is 1.74. The number of benzene rings is 2. The molecule has 0 bridgehead atoms. The van der Waals surface area contributed by atoms with Crippen LogP contribution in [0.15, 0.2) is 47.4 Å². The Bertz CT molecular complexity index is 1010. The first kappa shape index (κ1) is 20.0. The van der Waals surface area contributed by atoms with Gasteiger partial charge in [-0.2, -0.15) is 4.31 Å². The maximum absolute atomic E-state index is 12.8. The second kappa shape index (κ2) is 7.69. The number of nitro benzene ring substituents is 1. The van der Waals surface area contributed by atoms with Crippen molar-refractivity contribution in [3.05, 3.63) is 69.3 Å². The number of hydrogen-bond donors (Lipinski definition) is 1. The lowest BCUT2D eigenvalue weighted by Crippen LogP contribution is -2.27. The van der Waals surface area contributed by atoms with Crippen LogP contribution >= 0.6 is 0 Å². The third-order valence-corrected chi connectivity index (χ3v) is 6.42. The maximum Gasteiger partial charge on any atom is 0.273 e. The highest BCUT2D eigenvalue weighted by Crippen LogP contribution is 2.25. The second-order valence-electron chi connectivity index (χ2n) is 6.91. The van der Waals surface area contributed by atoms with E-state index >= 15 is 0 Å². The Morgan fingerprint density at radius 2 is 1.86 bits per heavy atom. The van der Waals surface area contributed by atoms with E-state index in [-0.39, 0.29) is 29.1 Å². The molecule has 0 radical (unpaired) electrons. The van der Waals surface area contributed by atoms with Crippen molar-refractivity contribution < 1.29 is 18.1 Å². The molecule has 0 heterocycles. The number of carbonyl (C=O) groups excluding carboxylic acids is 1. The number of rotatable bonds is 7. The van der Waals surface area contributed by atoms with Gasteiger partial charge in [-0.05, 0) is 43.5 Å². The second-order valence-corrected chi connectivity index (χ2v) is 8.96. The molecule has 2 aromatic rings. The number of hydrogen-bond acceptors (Lipinski definition) is 5. The fourth-order valence-electron chi connectivity index (χ4n) is 2.73. The van der Waals surface area contributed by atoms with E-state index in [1.165, 1.54) is 19.2 Å². The lowest BCUT2D eigenvalue weighted by molar-refractivity contribution is -0.385. The van der Waals surface area contributed by atoms with Crippen molar-refractivity contribution in [2.45, 2.75) is 37.2 Å². The van der Waals surface area contributed by atoms with Gasteiger partial charge in [0, 0.05) is 36.8 Å². The summed E-state index contributed by atoms with van der Waals surface area (Å²) in [5.74, 6) is -0.137. The lowest BCUT2D eigenvalue weighted by Gasteiger charge is -2.17. The number of sulfonamides is 1. The zero-order valence-corrected chi connectivity index (χ0v) is 16.4. The molecule has 148 valence electrons. The first-order chi connectivity index (χ1) is 13.2. The summed E-state index contributed by atoms with van der Waals surface area (Å²) in [7, 11) is -2.48. The molecule has 8 nitrogen and oxygen atoms in total. The Kier molecular flexibility index (Phi) is 5.48. The minimum absolute atomic E-state index is 0.0779. The summed E-state index contributed by atoms with van der Waals surface area (Å²) >= 11 is 0. The van der Waals surface area contributed by atoms with Crippen LogP contribution in [0.25, 0.3) is 0 Å². The first-order valence-electron chi connectivity index (χ1n) is 8.79. The van der Waals surface area contributed by atoms with E-state index in [9.17, 15) is 23.3 Å². The van der Waals surface area contributed by atoms with E-state index in [1.807, 2.05) is 0 Å². The number of nitrogens with one attached hydrogen (secondary N) is 1. The van der Waals surface area contributed by atoms with Gasteiger partial charge in [0.1, 0.15) is 0 Å². The van der Waals surface area contributed by atoms with Crippen LogP contribution in [0.5, 0.6) is 0 Å². The van der Waals surface area contributed by atoms with E-state index < -0.39 is 14.9 Å². The van der Waals surface area contributed by atoms with E-state index in [1.54, 1.807) is 31.2 Å². The molecule has 28 heavy (non-hydrogen) atoms. The molecule has 1 N–H and O–H groups in total. The zero-order valence-electron chi connectivity index (χ0n) is 15.6. The van der Waals surface area contributed by atoms with Gasteiger partial charge in [0.05, 0.1) is 9.82 Å². The topological polar surface area (TPSA) is 110 Å². The van der Waals surface area contributed by atoms with Gasteiger partial charge in [-0.3, -0.25) is 14.9 Å². The minimum Gasteiger partial charge on any atom is -0.349 e. The van der Waals surface area contributed by atoms with Crippen LogP contribution in [-0.2, 0) is 16.6 Å². The van der Waals surface area contributed by atoms with E-state index in [4.69, 9.17) is 0 Å². The SMILES string of the molecule is Cc1ccc(S(=O)(=O)N(C)Cc2ccc(C(=O)NC3CC3)cc2)cc1[N+](=O)[O-]. The molecule has 0 aliphatic heterocycles. The average molecular weight is 403 g/mol. The number of nitrogens with zero attached hydrogens (tertiary/aromatic N) is 2. The molecular weight excluding hydrogens is 382 g/mol. The summed E-state index contributed by atoms with van der Waals surface area (Å²) in [6.07, 6.45) is 2.01. The summed E-state index contributed by atoms with van der Waals surface area (Å²) in [4.78, 5) is 22.4. The van der Waals surface area contributed by atoms with Crippen molar-refractivity contribution in [1.29, 1.82) is 0 Å². The largest absolute Gasteiger partial charge is 0.349 e. The van der Waals surface area contributed by atoms with Gasteiger partial charge in [0.2, 0.25) is 10.0 Å². The smallest absolute Gasteiger partial charge is 0.273 e. The van der Waals surface area contributed by atoms with E-state index in [2.05, 4.69) is 5.32 Å². The summed E-state index contributed by atoms with van der Waals surface area (Å²) in [5, 5.41) is 14.0. The molecule has 9 heteroatoms. The Hall–Kier alpha value is -2.78. The molecule has 0 unspecified atom stereocenters. The lowest BCUT2D eigenvalue weighted by atomic mass is 10.1. The molecule has 0 aromatic heterocycles. The maximum atomic E-state index is 12.8. The van der Waals surface area contributed by atoms with Crippen LogP contribution in [0, 0.1) is 17.0 Å². The van der Waals surface area contributed by atoms with Crippen LogP contribution in [0.3, 0.4) is 0 Å². The summed E-state index contributed by atoms with van der Waals surface area (Å²) < 4.78 is 26.7. The predicted molar refractivity (Wildman–Crippen MR) is 103 cm³/mol.